The number of anilines is 2. The van der Waals surface area contributed by atoms with Gasteiger partial charge in [0.25, 0.3) is 0 Å². The van der Waals surface area contributed by atoms with Crippen LogP contribution in [0.2, 0.25) is 0 Å². The minimum Gasteiger partial charge on any atom is -0.385 e. The molecule has 2 aromatic rings. The van der Waals surface area contributed by atoms with Crippen molar-refractivity contribution in [3.05, 3.63) is 48.0 Å². The Kier molecular flexibility index (Phi) is 7.66. The smallest absolute Gasteiger partial charge is 0.225 e. The van der Waals surface area contributed by atoms with E-state index in [2.05, 4.69) is 38.8 Å². The minimum atomic E-state index is 0.659. The van der Waals surface area contributed by atoms with Crippen LogP contribution in [0.3, 0.4) is 0 Å². The van der Waals surface area contributed by atoms with Crippen molar-refractivity contribution < 1.29 is 4.74 Å². The van der Waals surface area contributed by atoms with Crippen molar-refractivity contribution in [1.29, 1.82) is 0 Å². The highest BCUT2D eigenvalue weighted by Gasteiger charge is 2.08. The first kappa shape index (κ1) is 19.4. The molecule has 2 N–H and O–H groups in total. The molecule has 27 heavy (non-hydrogen) atoms. The first-order valence-electron chi connectivity index (χ1n) is 9.94. The molecule has 0 spiro atoms. The van der Waals surface area contributed by atoms with E-state index >= 15 is 0 Å². The summed E-state index contributed by atoms with van der Waals surface area (Å²) in [7, 11) is 1.72. The van der Waals surface area contributed by atoms with Gasteiger partial charge in [0.05, 0.1) is 5.69 Å². The van der Waals surface area contributed by atoms with Crippen LogP contribution in [-0.2, 0) is 4.74 Å². The third kappa shape index (κ3) is 6.36. The van der Waals surface area contributed by atoms with E-state index < -0.39 is 0 Å². The van der Waals surface area contributed by atoms with Gasteiger partial charge >= 0.3 is 0 Å². The third-order valence-electron chi connectivity index (χ3n) is 4.74. The molecule has 5 nitrogen and oxygen atoms in total. The van der Waals surface area contributed by atoms with Crippen molar-refractivity contribution >= 4 is 11.8 Å². The number of methoxy groups -OCH3 is 1. The number of nitrogens with zero attached hydrogens (tertiary/aromatic N) is 2. The Balaban J connectivity index is 1.67. The number of rotatable bonds is 10. The largest absolute Gasteiger partial charge is 0.385 e. The summed E-state index contributed by atoms with van der Waals surface area (Å²) in [6.07, 6.45) is 9.55. The number of hydrogen-bond acceptors (Lipinski definition) is 5. The molecule has 1 aromatic heterocycles. The van der Waals surface area contributed by atoms with E-state index in [0.29, 0.717) is 5.95 Å². The summed E-state index contributed by atoms with van der Waals surface area (Å²) in [5, 5.41) is 6.80. The summed E-state index contributed by atoms with van der Waals surface area (Å²) < 4.78 is 5.11. The lowest BCUT2D eigenvalue weighted by molar-refractivity contribution is 0.197. The van der Waals surface area contributed by atoms with Crippen LogP contribution >= 0.6 is 0 Å². The van der Waals surface area contributed by atoms with Crippen LogP contribution in [0.15, 0.2) is 48.0 Å². The van der Waals surface area contributed by atoms with Crippen molar-refractivity contribution in [3.63, 3.8) is 0 Å². The van der Waals surface area contributed by atoms with Crippen molar-refractivity contribution in [3.8, 4) is 11.3 Å². The lowest BCUT2D eigenvalue weighted by Crippen LogP contribution is -2.11. The normalized spacial score (nSPS) is 13.9. The number of ether oxygens (including phenoxy) is 1. The Hall–Kier alpha value is -2.40. The van der Waals surface area contributed by atoms with Gasteiger partial charge in [-0.05, 0) is 38.5 Å². The maximum absolute atomic E-state index is 5.11. The second-order valence-electron chi connectivity index (χ2n) is 6.89. The molecule has 0 aliphatic heterocycles. The fourth-order valence-electron chi connectivity index (χ4n) is 3.27. The average molecular weight is 367 g/mol. The van der Waals surface area contributed by atoms with Gasteiger partial charge in [-0.15, -0.1) is 0 Å². The summed E-state index contributed by atoms with van der Waals surface area (Å²) >= 11 is 0. The van der Waals surface area contributed by atoms with E-state index in [9.17, 15) is 0 Å². The van der Waals surface area contributed by atoms with Crippen molar-refractivity contribution in [1.82, 2.24) is 9.97 Å². The summed E-state index contributed by atoms with van der Waals surface area (Å²) in [5.74, 6) is 1.53. The van der Waals surface area contributed by atoms with Crippen molar-refractivity contribution in [2.24, 2.45) is 0 Å². The van der Waals surface area contributed by atoms with Gasteiger partial charge in [0, 0.05) is 38.4 Å². The molecule has 1 aliphatic rings. The van der Waals surface area contributed by atoms with Crippen LogP contribution < -0.4 is 10.6 Å². The van der Waals surface area contributed by atoms with Crippen molar-refractivity contribution in [2.75, 3.05) is 37.4 Å². The molecule has 0 saturated carbocycles. The van der Waals surface area contributed by atoms with Crippen LogP contribution in [0, 0.1) is 0 Å². The van der Waals surface area contributed by atoms with E-state index in [0.717, 1.165) is 49.6 Å². The van der Waals surface area contributed by atoms with Crippen LogP contribution in [0.4, 0.5) is 11.8 Å². The molecule has 0 atom stereocenters. The fraction of sp³-hybridized carbons (Fsp3) is 0.455. The van der Waals surface area contributed by atoms with E-state index in [1.54, 1.807) is 12.7 Å². The molecule has 0 bridgehead atoms. The van der Waals surface area contributed by atoms with Gasteiger partial charge < -0.3 is 15.4 Å². The lowest BCUT2D eigenvalue weighted by atomic mass is 9.97. The average Bonchev–Trinajstić information content (AvgIpc) is 2.73. The second kappa shape index (κ2) is 10.7. The topological polar surface area (TPSA) is 59.1 Å². The number of hydrogen-bond donors (Lipinski definition) is 2. The van der Waals surface area contributed by atoms with Gasteiger partial charge in [-0.1, -0.05) is 42.0 Å². The molecule has 1 aromatic carbocycles. The van der Waals surface area contributed by atoms with E-state index in [4.69, 9.17) is 4.74 Å². The summed E-state index contributed by atoms with van der Waals surface area (Å²) in [6.45, 7) is 2.42. The molecule has 0 saturated heterocycles. The highest BCUT2D eigenvalue weighted by atomic mass is 16.5. The van der Waals surface area contributed by atoms with Gasteiger partial charge in [-0.2, -0.15) is 4.98 Å². The maximum Gasteiger partial charge on any atom is 0.225 e. The van der Waals surface area contributed by atoms with Crippen LogP contribution in [0.5, 0.6) is 0 Å². The van der Waals surface area contributed by atoms with Crippen LogP contribution in [-0.4, -0.2) is 36.8 Å². The molecule has 0 amide bonds. The highest BCUT2D eigenvalue weighted by molar-refractivity contribution is 5.64. The number of aromatic nitrogens is 2. The van der Waals surface area contributed by atoms with Gasteiger partial charge in [0.1, 0.15) is 5.82 Å². The molecule has 0 radical (unpaired) electrons. The Morgan fingerprint density at radius 3 is 2.70 bits per heavy atom. The van der Waals surface area contributed by atoms with Gasteiger partial charge in [0.2, 0.25) is 5.95 Å². The minimum absolute atomic E-state index is 0.659. The molecule has 1 heterocycles. The number of allylic oxidation sites excluding steroid dienone is 1. The molecular formula is C22H30N4O. The first-order chi connectivity index (χ1) is 13.3. The lowest BCUT2D eigenvalue weighted by Gasteiger charge is -2.14. The molecule has 3 rings (SSSR count). The predicted molar refractivity (Wildman–Crippen MR) is 112 cm³/mol. The monoisotopic (exact) mass is 366 g/mol. The zero-order valence-corrected chi connectivity index (χ0v) is 16.2. The zero-order chi connectivity index (χ0) is 18.7. The quantitative estimate of drug-likeness (QED) is 0.463. The third-order valence-corrected chi connectivity index (χ3v) is 4.74. The molecule has 0 fully saturated rings. The predicted octanol–water partition coefficient (Wildman–Crippen LogP) is 4.89. The zero-order valence-electron chi connectivity index (χ0n) is 16.2. The molecule has 5 heteroatoms. The summed E-state index contributed by atoms with van der Waals surface area (Å²) in [6, 6.07) is 12.3. The molecular weight excluding hydrogens is 336 g/mol. The van der Waals surface area contributed by atoms with Gasteiger partial charge in [-0.3, -0.25) is 0 Å². The fourth-order valence-corrected chi connectivity index (χ4v) is 3.27. The molecule has 144 valence electrons. The Labute approximate surface area is 162 Å². The Morgan fingerprint density at radius 1 is 1.04 bits per heavy atom. The van der Waals surface area contributed by atoms with Gasteiger partial charge in [-0.25, -0.2) is 4.98 Å². The summed E-state index contributed by atoms with van der Waals surface area (Å²) in [4.78, 5) is 9.33. The second-order valence-corrected chi connectivity index (χ2v) is 6.89. The number of nitrogens with one attached hydrogen (secondary N) is 2. The van der Waals surface area contributed by atoms with Crippen LogP contribution in [0.1, 0.15) is 38.5 Å². The van der Waals surface area contributed by atoms with Gasteiger partial charge in [0.15, 0.2) is 0 Å². The SMILES string of the molecule is COCCCNc1nc(NCCC2=CCCCC2)cc(-c2ccccc2)n1. The Bertz CT molecular complexity index is 730. The highest BCUT2D eigenvalue weighted by Crippen LogP contribution is 2.23. The van der Waals surface area contributed by atoms with Crippen molar-refractivity contribution in [2.45, 2.75) is 38.5 Å². The van der Waals surface area contributed by atoms with Crippen LogP contribution in [0.25, 0.3) is 11.3 Å². The summed E-state index contributed by atoms with van der Waals surface area (Å²) in [5.41, 5.74) is 3.60. The van der Waals surface area contributed by atoms with E-state index in [1.165, 1.54) is 25.7 Å². The molecule has 0 unspecified atom stereocenters. The first-order valence-corrected chi connectivity index (χ1v) is 9.94. The maximum atomic E-state index is 5.11. The Morgan fingerprint density at radius 2 is 1.93 bits per heavy atom. The number of benzene rings is 1. The standard InChI is InChI=1S/C22H30N4O/c1-27-16-8-14-24-22-25-20(19-11-6-3-7-12-19)17-21(26-22)23-15-13-18-9-4-2-5-10-18/h3,6-7,9,11-12,17H,2,4-5,8,10,13-16H2,1H3,(H2,23,24,25,26). The van der Waals surface area contributed by atoms with E-state index in [1.807, 2.05) is 24.3 Å². The molecule has 1 aliphatic carbocycles. The van der Waals surface area contributed by atoms with E-state index in [-0.39, 0.29) is 0 Å².